The third-order valence-electron chi connectivity index (χ3n) is 7.01. The molecule has 0 saturated heterocycles. The van der Waals surface area contributed by atoms with E-state index in [9.17, 15) is 0 Å². The number of rotatable bonds is 1. The summed E-state index contributed by atoms with van der Waals surface area (Å²) in [5.41, 5.74) is 5.80. The van der Waals surface area contributed by atoms with E-state index in [0.717, 1.165) is 11.2 Å². The van der Waals surface area contributed by atoms with Gasteiger partial charge in [0, 0.05) is 30.9 Å². The van der Waals surface area contributed by atoms with Crippen molar-refractivity contribution >= 4 is 64.2 Å². The molecule has 5 aromatic carbocycles. The molecular formula is C32H24OS. The lowest BCUT2D eigenvalue weighted by Gasteiger charge is -2.19. The van der Waals surface area contributed by atoms with Gasteiger partial charge in [0.25, 0.3) is 0 Å². The summed E-state index contributed by atoms with van der Waals surface area (Å²) >= 11 is 1.92. The van der Waals surface area contributed by atoms with Crippen molar-refractivity contribution in [3.8, 4) is 11.1 Å². The van der Waals surface area contributed by atoms with Crippen molar-refractivity contribution in [2.45, 2.75) is 26.2 Å². The van der Waals surface area contributed by atoms with E-state index in [1.165, 1.54) is 58.4 Å². The molecule has 0 saturated carbocycles. The van der Waals surface area contributed by atoms with E-state index in [-0.39, 0.29) is 5.41 Å². The maximum Gasteiger partial charge on any atom is 0.136 e. The fourth-order valence-corrected chi connectivity index (χ4v) is 6.82. The summed E-state index contributed by atoms with van der Waals surface area (Å²) in [7, 11) is 0. The zero-order valence-corrected chi connectivity index (χ0v) is 20.3. The number of furan rings is 1. The zero-order chi connectivity index (χ0) is 23.0. The van der Waals surface area contributed by atoms with Gasteiger partial charge >= 0.3 is 0 Å². The van der Waals surface area contributed by atoms with Gasteiger partial charge in [0.2, 0.25) is 0 Å². The molecule has 0 fully saturated rings. The van der Waals surface area contributed by atoms with Crippen LogP contribution in [0.3, 0.4) is 0 Å². The number of benzene rings is 5. The molecule has 0 aliphatic carbocycles. The standard InChI is InChI=1S/C32H24OS/c1-32(2,3)25-11-7-10-24-30-22-14-16-26-29(21(22)15-17-28(30)34-31(24)25)23-13-12-20(18-27(23)33-26)19-8-5-4-6-9-19/h4-18H,1-3H3. The highest BCUT2D eigenvalue weighted by Crippen LogP contribution is 2.45. The Morgan fingerprint density at radius 2 is 1.35 bits per heavy atom. The third kappa shape index (κ3) is 2.79. The van der Waals surface area contributed by atoms with Gasteiger partial charge in [-0.2, -0.15) is 0 Å². The van der Waals surface area contributed by atoms with Gasteiger partial charge in [-0.25, -0.2) is 0 Å². The summed E-state index contributed by atoms with van der Waals surface area (Å²) in [6.07, 6.45) is 0. The van der Waals surface area contributed by atoms with Crippen LogP contribution < -0.4 is 0 Å². The third-order valence-corrected chi connectivity index (χ3v) is 8.21. The molecule has 2 aromatic heterocycles. The Labute approximate surface area is 202 Å². The fourth-order valence-electron chi connectivity index (χ4n) is 5.38. The van der Waals surface area contributed by atoms with Crippen molar-refractivity contribution in [3.05, 3.63) is 96.6 Å². The van der Waals surface area contributed by atoms with E-state index < -0.39 is 0 Å². The molecule has 0 atom stereocenters. The molecule has 0 radical (unpaired) electrons. The van der Waals surface area contributed by atoms with E-state index in [0.29, 0.717) is 0 Å². The Hall–Kier alpha value is -3.62. The first kappa shape index (κ1) is 19.8. The SMILES string of the molecule is CC(C)(C)c1cccc2c1sc1ccc3c(ccc4oc5cc(-c6ccccc6)ccc5c43)c12. The Bertz CT molecular complexity index is 1880. The Kier molecular flexibility index (Phi) is 4.05. The number of fused-ring (bicyclic) bond motifs is 9. The van der Waals surface area contributed by atoms with E-state index >= 15 is 0 Å². The van der Waals surface area contributed by atoms with Gasteiger partial charge in [0.15, 0.2) is 0 Å². The summed E-state index contributed by atoms with van der Waals surface area (Å²) < 4.78 is 9.12. The van der Waals surface area contributed by atoms with Crippen LogP contribution in [0.15, 0.2) is 95.4 Å². The van der Waals surface area contributed by atoms with Gasteiger partial charge < -0.3 is 4.42 Å². The van der Waals surface area contributed by atoms with E-state index in [1.54, 1.807) is 0 Å². The monoisotopic (exact) mass is 456 g/mol. The lowest BCUT2D eigenvalue weighted by molar-refractivity contribution is 0.597. The highest BCUT2D eigenvalue weighted by atomic mass is 32.1. The minimum Gasteiger partial charge on any atom is -0.456 e. The summed E-state index contributed by atoms with van der Waals surface area (Å²) in [6, 6.07) is 32.8. The molecule has 0 aliphatic rings. The van der Waals surface area contributed by atoms with Crippen LogP contribution >= 0.6 is 11.3 Å². The molecule has 7 aromatic rings. The maximum atomic E-state index is 6.37. The van der Waals surface area contributed by atoms with Crippen molar-refractivity contribution in [2.24, 2.45) is 0 Å². The van der Waals surface area contributed by atoms with Crippen molar-refractivity contribution in [1.82, 2.24) is 0 Å². The lowest BCUT2D eigenvalue weighted by atomic mass is 9.86. The van der Waals surface area contributed by atoms with Crippen LogP contribution in [-0.2, 0) is 5.41 Å². The van der Waals surface area contributed by atoms with E-state index in [4.69, 9.17) is 4.42 Å². The summed E-state index contributed by atoms with van der Waals surface area (Å²) in [4.78, 5) is 0. The predicted molar refractivity (Wildman–Crippen MR) is 148 cm³/mol. The van der Waals surface area contributed by atoms with Gasteiger partial charge in [-0.1, -0.05) is 81.4 Å². The second kappa shape index (κ2) is 6.94. The minimum atomic E-state index is 0.112. The average Bonchev–Trinajstić information content (AvgIpc) is 3.41. The van der Waals surface area contributed by atoms with Crippen LogP contribution in [0, 0.1) is 0 Å². The van der Waals surface area contributed by atoms with Crippen molar-refractivity contribution < 1.29 is 4.42 Å². The largest absolute Gasteiger partial charge is 0.456 e. The van der Waals surface area contributed by atoms with Gasteiger partial charge in [0.1, 0.15) is 11.2 Å². The number of hydrogen-bond acceptors (Lipinski definition) is 2. The smallest absolute Gasteiger partial charge is 0.136 e. The Balaban J connectivity index is 1.55. The Morgan fingerprint density at radius 3 is 2.18 bits per heavy atom. The van der Waals surface area contributed by atoms with Crippen molar-refractivity contribution in [2.75, 3.05) is 0 Å². The highest BCUT2D eigenvalue weighted by molar-refractivity contribution is 7.26. The second-order valence-electron chi connectivity index (χ2n) is 10.2. The van der Waals surface area contributed by atoms with Crippen LogP contribution in [0.4, 0.5) is 0 Å². The van der Waals surface area contributed by atoms with Gasteiger partial charge in [-0.05, 0) is 63.2 Å². The van der Waals surface area contributed by atoms with Crippen LogP contribution in [-0.4, -0.2) is 0 Å². The van der Waals surface area contributed by atoms with Gasteiger partial charge in [0.05, 0.1) is 0 Å². The fraction of sp³-hybridized carbons (Fsp3) is 0.125. The normalized spacial score (nSPS) is 12.6. The molecule has 34 heavy (non-hydrogen) atoms. The molecule has 0 N–H and O–H groups in total. The summed E-state index contributed by atoms with van der Waals surface area (Å²) in [5, 5.41) is 7.67. The maximum absolute atomic E-state index is 6.37. The highest BCUT2D eigenvalue weighted by Gasteiger charge is 2.21. The lowest BCUT2D eigenvalue weighted by Crippen LogP contribution is -2.10. The quantitative estimate of drug-likeness (QED) is 0.239. The molecule has 164 valence electrons. The molecule has 7 rings (SSSR count). The second-order valence-corrected chi connectivity index (χ2v) is 11.2. The van der Waals surface area contributed by atoms with Crippen LogP contribution in [0.25, 0.3) is 64.0 Å². The van der Waals surface area contributed by atoms with Gasteiger partial charge in [-0.15, -0.1) is 11.3 Å². The topological polar surface area (TPSA) is 13.1 Å². The number of hydrogen-bond donors (Lipinski definition) is 0. The molecule has 0 bridgehead atoms. The van der Waals surface area contributed by atoms with E-state index in [2.05, 4.69) is 112 Å². The number of thiophene rings is 1. The average molecular weight is 457 g/mol. The molecular weight excluding hydrogens is 432 g/mol. The molecule has 0 spiro atoms. The molecule has 0 aliphatic heterocycles. The first-order chi connectivity index (χ1) is 16.5. The van der Waals surface area contributed by atoms with Crippen LogP contribution in [0.5, 0.6) is 0 Å². The molecule has 0 unspecified atom stereocenters. The first-order valence-corrected chi connectivity index (χ1v) is 12.6. The Morgan fingerprint density at radius 1 is 0.588 bits per heavy atom. The van der Waals surface area contributed by atoms with Crippen molar-refractivity contribution in [1.29, 1.82) is 0 Å². The summed E-state index contributed by atoms with van der Waals surface area (Å²) in [6.45, 7) is 6.90. The predicted octanol–water partition coefficient (Wildman–Crippen LogP) is 10.1. The van der Waals surface area contributed by atoms with Crippen molar-refractivity contribution in [3.63, 3.8) is 0 Å². The molecule has 0 amide bonds. The van der Waals surface area contributed by atoms with E-state index in [1.807, 2.05) is 11.3 Å². The minimum absolute atomic E-state index is 0.112. The van der Waals surface area contributed by atoms with Crippen LogP contribution in [0.2, 0.25) is 0 Å². The molecule has 2 heterocycles. The zero-order valence-electron chi connectivity index (χ0n) is 19.5. The van der Waals surface area contributed by atoms with Crippen LogP contribution in [0.1, 0.15) is 26.3 Å². The first-order valence-electron chi connectivity index (χ1n) is 11.8. The van der Waals surface area contributed by atoms with Gasteiger partial charge in [-0.3, -0.25) is 0 Å². The molecule has 1 nitrogen and oxygen atoms in total. The molecule has 2 heteroatoms. The summed E-state index contributed by atoms with van der Waals surface area (Å²) in [5.74, 6) is 0.